The number of nitrogens with two attached hydrogens (primary N) is 1. The molecule has 0 saturated heterocycles. The van der Waals surface area contributed by atoms with E-state index in [1.807, 2.05) is 12.1 Å². The van der Waals surface area contributed by atoms with Crippen LogP contribution < -0.4 is 21.9 Å². The average Bonchev–Trinajstić information content (AvgIpc) is 2.35. The van der Waals surface area contributed by atoms with Gasteiger partial charge in [0.15, 0.2) is 10.2 Å². The molecule has 0 atom stereocenters. The van der Waals surface area contributed by atoms with Crippen molar-refractivity contribution in [1.82, 2.24) is 16.2 Å². The quantitative estimate of drug-likeness (QED) is 0.463. The Morgan fingerprint density at radius 3 is 2.10 bits per heavy atom. The van der Waals surface area contributed by atoms with Crippen LogP contribution in [0.2, 0.25) is 0 Å². The third kappa shape index (κ3) is 5.10. The van der Waals surface area contributed by atoms with Crippen LogP contribution in [0.4, 0.5) is 0 Å². The second-order valence-corrected chi connectivity index (χ2v) is 6.07. The van der Waals surface area contributed by atoms with E-state index >= 15 is 0 Å². The zero-order valence-electron chi connectivity index (χ0n) is 11.6. The highest BCUT2D eigenvalue weighted by atomic mass is 32.1. The van der Waals surface area contributed by atoms with Gasteiger partial charge in [-0.1, -0.05) is 32.9 Å². The van der Waals surface area contributed by atoms with E-state index in [0.717, 1.165) is 5.56 Å². The average molecular weight is 310 g/mol. The molecule has 0 aliphatic carbocycles. The van der Waals surface area contributed by atoms with Crippen LogP contribution in [-0.2, 0) is 5.41 Å². The topological polar surface area (TPSA) is 79.2 Å². The molecule has 0 fully saturated rings. The molecule has 0 aliphatic rings. The maximum atomic E-state index is 11.9. The molecule has 1 amide bonds. The van der Waals surface area contributed by atoms with Gasteiger partial charge in [0.05, 0.1) is 0 Å². The van der Waals surface area contributed by atoms with Gasteiger partial charge in [-0.2, -0.15) is 0 Å². The number of hydrazine groups is 1. The molecule has 0 heterocycles. The van der Waals surface area contributed by atoms with Crippen molar-refractivity contribution in [3.8, 4) is 0 Å². The summed E-state index contributed by atoms with van der Waals surface area (Å²) >= 11 is 9.51. The number of hydrogen-bond acceptors (Lipinski definition) is 3. The van der Waals surface area contributed by atoms with Crippen LogP contribution in [0.3, 0.4) is 0 Å². The molecule has 20 heavy (non-hydrogen) atoms. The number of hydrogen-bond donors (Lipinski definition) is 4. The molecule has 1 aromatic rings. The Hall–Kier alpha value is -1.73. The predicted octanol–water partition coefficient (Wildman–Crippen LogP) is 1.34. The summed E-state index contributed by atoms with van der Waals surface area (Å²) in [7, 11) is 0. The van der Waals surface area contributed by atoms with Gasteiger partial charge < -0.3 is 5.73 Å². The fourth-order valence-electron chi connectivity index (χ4n) is 1.45. The number of rotatable bonds is 1. The summed E-state index contributed by atoms with van der Waals surface area (Å²) in [6, 6.07) is 7.39. The first kappa shape index (κ1) is 16.3. The Labute approximate surface area is 129 Å². The fourth-order valence-corrected chi connectivity index (χ4v) is 1.64. The third-order valence-corrected chi connectivity index (χ3v) is 2.85. The summed E-state index contributed by atoms with van der Waals surface area (Å²) < 4.78 is 0. The van der Waals surface area contributed by atoms with Gasteiger partial charge in [-0.15, -0.1) is 0 Å². The molecule has 1 rings (SSSR count). The first-order valence-corrected chi connectivity index (χ1v) is 6.79. The number of carbonyl (C=O) groups is 1. The number of carbonyl (C=O) groups excluding carboxylic acids is 1. The van der Waals surface area contributed by atoms with Crippen molar-refractivity contribution in [2.24, 2.45) is 5.73 Å². The lowest BCUT2D eigenvalue weighted by Gasteiger charge is -2.19. The van der Waals surface area contributed by atoms with Crippen molar-refractivity contribution in [2.45, 2.75) is 26.2 Å². The molecule has 5 N–H and O–H groups in total. The van der Waals surface area contributed by atoms with Gasteiger partial charge in [-0.25, -0.2) is 0 Å². The molecule has 5 nitrogen and oxygen atoms in total. The minimum absolute atomic E-state index is 0.0381. The lowest BCUT2D eigenvalue weighted by Crippen LogP contribution is -2.50. The molecule has 0 aromatic heterocycles. The molecule has 7 heteroatoms. The van der Waals surface area contributed by atoms with Crippen molar-refractivity contribution >= 4 is 40.6 Å². The summed E-state index contributed by atoms with van der Waals surface area (Å²) in [4.78, 5) is 11.9. The Bertz CT molecular complexity index is 520. The normalized spacial score (nSPS) is 10.6. The van der Waals surface area contributed by atoms with E-state index in [-0.39, 0.29) is 21.5 Å². The molecule has 0 aliphatic heterocycles. The van der Waals surface area contributed by atoms with E-state index in [1.165, 1.54) is 0 Å². The van der Waals surface area contributed by atoms with Gasteiger partial charge in [0.2, 0.25) is 0 Å². The Morgan fingerprint density at radius 1 is 1.10 bits per heavy atom. The molecule has 108 valence electrons. The molecule has 0 spiro atoms. The first-order chi connectivity index (χ1) is 9.20. The zero-order chi connectivity index (χ0) is 15.3. The van der Waals surface area contributed by atoms with Crippen molar-refractivity contribution in [2.75, 3.05) is 0 Å². The van der Waals surface area contributed by atoms with Gasteiger partial charge in [0.25, 0.3) is 5.91 Å². The SMILES string of the molecule is CC(C)(C)c1ccc(C(=O)NC(=S)NNC(N)=S)cc1. The van der Waals surface area contributed by atoms with Crippen molar-refractivity contribution in [3.63, 3.8) is 0 Å². The summed E-state index contributed by atoms with van der Waals surface area (Å²) in [5.41, 5.74) is 11.9. The highest BCUT2D eigenvalue weighted by Crippen LogP contribution is 2.22. The zero-order valence-corrected chi connectivity index (χ0v) is 13.2. The maximum absolute atomic E-state index is 11.9. The van der Waals surface area contributed by atoms with E-state index in [0.29, 0.717) is 5.56 Å². The Balaban J connectivity index is 2.64. The Morgan fingerprint density at radius 2 is 1.65 bits per heavy atom. The second kappa shape index (κ2) is 6.62. The second-order valence-electron chi connectivity index (χ2n) is 5.22. The van der Waals surface area contributed by atoms with Gasteiger partial charge in [-0.05, 0) is 47.5 Å². The van der Waals surface area contributed by atoms with E-state index < -0.39 is 0 Å². The van der Waals surface area contributed by atoms with Crippen LogP contribution in [0.1, 0.15) is 36.7 Å². The minimum atomic E-state index is -0.298. The number of nitrogens with one attached hydrogen (secondary N) is 3. The third-order valence-electron chi connectivity index (χ3n) is 2.54. The minimum Gasteiger partial charge on any atom is -0.375 e. The highest BCUT2D eigenvalue weighted by molar-refractivity contribution is 7.80. The molecule has 0 saturated carbocycles. The predicted molar refractivity (Wildman–Crippen MR) is 88.3 cm³/mol. The lowest BCUT2D eigenvalue weighted by atomic mass is 9.87. The lowest BCUT2D eigenvalue weighted by molar-refractivity contribution is 0.0976. The van der Waals surface area contributed by atoms with Gasteiger partial charge in [0, 0.05) is 5.56 Å². The highest BCUT2D eigenvalue weighted by Gasteiger charge is 2.14. The molecule has 0 bridgehead atoms. The molecule has 0 radical (unpaired) electrons. The van der Waals surface area contributed by atoms with Crippen molar-refractivity contribution in [1.29, 1.82) is 0 Å². The van der Waals surface area contributed by atoms with E-state index in [4.69, 9.17) is 18.0 Å². The van der Waals surface area contributed by atoms with Crippen LogP contribution in [0.15, 0.2) is 24.3 Å². The first-order valence-electron chi connectivity index (χ1n) is 5.97. The fraction of sp³-hybridized carbons (Fsp3) is 0.308. The molecule has 1 aromatic carbocycles. The van der Waals surface area contributed by atoms with Crippen molar-refractivity contribution < 1.29 is 4.79 Å². The summed E-state index contributed by atoms with van der Waals surface area (Å²) in [6.45, 7) is 6.34. The molecular formula is C13H18N4OS2. The largest absolute Gasteiger partial charge is 0.375 e. The summed E-state index contributed by atoms with van der Waals surface area (Å²) in [5, 5.41) is 2.65. The van der Waals surface area contributed by atoms with E-state index in [9.17, 15) is 4.79 Å². The summed E-state index contributed by atoms with van der Waals surface area (Å²) in [6.07, 6.45) is 0. The van der Waals surface area contributed by atoms with E-state index in [1.54, 1.807) is 12.1 Å². The van der Waals surface area contributed by atoms with E-state index in [2.05, 4.69) is 49.2 Å². The number of thiocarbonyl (C=S) groups is 2. The van der Waals surface area contributed by atoms with Crippen LogP contribution in [0, 0.1) is 0 Å². The van der Waals surface area contributed by atoms with Crippen LogP contribution in [0.25, 0.3) is 0 Å². The Kier molecular flexibility index (Phi) is 5.41. The van der Waals surface area contributed by atoms with Crippen LogP contribution >= 0.6 is 24.4 Å². The maximum Gasteiger partial charge on any atom is 0.257 e. The number of benzene rings is 1. The van der Waals surface area contributed by atoms with Gasteiger partial charge in [-0.3, -0.25) is 21.0 Å². The molecule has 0 unspecified atom stereocenters. The van der Waals surface area contributed by atoms with Crippen molar-refractivity contribution in [3.05, 3.63) is 35.4 Å². The standard InChI is InChI=1S/C13H18N4OS2/c1-13(2,3)9-6-4-8(5-7-9)10(18)15-12(20)17-16-11(14)19/h4-7H,1-3H3,(H3,14,16,19)(H2,15,17,18,20). The van der Waals surface area contributed by atoms with Gasteiger partial charge in [0.1, 0.15) is 0 Å². The van der Waals surface area contributed by atoms with Crippen LogP contribution in [0.5, 0.6) is 0 Å². The molecular weight excluding hydrogens is 292 g/mol. The smallest absolute Gasteiger partial charge is 0.257 e. The monoisotopic (exact) mass is 310 g/mol. The number of amides is 1. The summed E-state index contributed by atoms with van der Waals surface area (Å²) in [5.74, 6) is -0.298. The van der Waals surface area contributed by atoms with Crippen LogP contribution in [-0.4, -0.2) is 16.1 Å². The van der Waals surface area contributed by atoms with Gasteiger partial charge >= 0.3 is 0 Å².